The van der Waals surface area contributed by atoms with Crippen molar-refractivity contribution in [3.8, 4) is 0 Å². The van der Waals surface area contributed by atoms with Crippen LogP contribution in [0.25, 0.3) is 0 Å². The van der Waals surface area contributed by atoms with Gasteiger partial charge in [0.05, 0.1) is 11.4 Å². The lowest BCUT2D eigenvalue weighted by molar-refractivity contribution is 0.782. The number of aryl methyl sites for hydroxylation is 2. The van der Waals surface area contributed by atoms with Gasteiger partial charge in [-0.15, -0.1) is 0 Å². The van der Waals surface area contributed by atoms with Crippen LogP contribution in [0.3, 0.4) is 0 Å². The molecule has 3 heteroatoms. The molecule has 1 heterocycles. The zero-order valence-electron chi connectivity index (χ0n) is 7.36. The second kappa shape index (κ2) is 3.53. The van der Waals surface area contributed by atoms with Crippen LogP contribution in [0, 0.1) is 6.92 Å². The van der Waals surface area contributed by atoms with Crippen molar-refractivity contribution in [3.63, 3.8) is 0 Å². The SMILES string of the molecule is CCc1nc(C)[nH]c1CNC. The van der Waals surface area contributed by atoms with Crippen LogP contribution < -0.4 is 5.32 Å². The molecule has 2 N–H and O–H groups in total. The van der Waals surface area contributed by atoms with Gasteiger partial charge in [0.2, 0.25) is 0 Å². The van der Waals surface area contributed by atoms with E-state index in [2.05, 4.69) is 22.2 Å². The molecule has 0 aliphatic rings. The molecule has 0 amide bonds. The summed E-state index contributed by atoms with van der Waals surface area (Å²) < 4.78 is 0. The number of nitrogens with one attached hydrogen (secondary N) is 2. The average molecular weight is 153 g/mol. The third kappa shape index (κ3) is 1.80. The molecule has 0 saturated carbocycles. The van der Waals surface area contributed by atoms with Crippen LogP contribution in [0.15, 0.2) is 0 Å². The average Bonchev–Trinajstić information content (AvgIpc) is 2.32. The number of hydrogen-bond donors (Lipinski definition) is 2. The minimum atomic E-state index is 0.879. The molecule has 3 nitrogen and oxygen atoms in total. The summed E-state index contributed by atoms with van der Waals surface area (Å²) in [4.78, 5) is 7.58. The first-order chi connectivity index (χ1) is 5.27. The second-order valence-corrected chi connectivity index (χ2v) is 2.63. The van der Waals surface area contributed by atoms with Crippen LogP contribution in [0.5, 0.6) is 0 Å². The van der Waals surface area contributed by atoms with Gasteiger partial charge in [-0.2, -0.15) is 0 Å². The molecule has 0 spiro atoms. The molecule has 0 bridgehead atoms. The summed E-state index contributed by atoms with van der Waals surface area (Å²) in [5, 5.41) is 3.10. The van der Waals surface area contributed by atoms with Crippen molar-refractivity contribution in [2.24, 2.45) is 0 Å². The van der Waals surface area contributed by atoms with E-state index in [0.29, 0.717) is 0 Å². The number of hydrogen-bond acceptors (Lipinski definition) is 2. The lowest BCUT2D eigenvalue weighted by Crippen LogP contribution is -2.07. The Bertz CT molecular complexity index is 227. The van der Waals surface area contributed by atoms with E-state index in [1.807, 2.05) is 14.0 Å². The van der Waals surface area contributed by atoms with Gasteiger partial charge >= 0.3 is 0 Å². The Kier molecular flexibility index (Phi) is 2.65. The zero-order valence-corrected chi connectivity index (χ0v) is 7.36. The molecule has 1 aromatic rings. The highest BCUT2D eigenvalue weighted by atomic mass is 15.0. The van der Waals surface area contributed by atoms with E-state index in [0.717, 1.165) is 18.8 Å². The van der Waals surface area contributed by atoms with Gasteiger partial charge in [0.15, 0.2) is 0 Å². The molecule has 0 saturated heterocycles. The number of aromatic nitrogens is 2. The molecule has 1 aromatic heterocycles. The number of nitrogens with zero attached hydrogens (tertiary/aromatic N) is 1. The summed E-state index contributed by atoms with van der Waals surface area (Å²) in [6.45, 7) is 4.98. The fourth-order valence-electron chi connectivity index (χ4n) is 1.20. The Morgan fingerprint density at radius 1 is 1.55 bits per heavy atom. The summed E-state index contributed by atoms with van der Waals surface area (Å²) >= 11 is 0. The Hall–Kier alpha value is -0.830. The van der Waals surface area contributed by atoms with Gasteiger partial charge in [-0.1, -0.05) is 6.92 Å². The third-order valence-corrected chi connectivity index (χ3v) is 1.67. The standard InChI is InChI=1S/C8H15N3/c1-4-7-8(5-9-3)11-6(2)10-7/h9H,4-5H2,1-3H3,(H,10,11). The quantitative estimate of drug-likeness (QED) is 0.680. The smallest absolute Gasteiger partial charge is 0.103 e. The largest absolute Gasteiger partial charge is 0.345 e. The Balaban J connectivity index is 2.83. The number of imidazole rings is 1. The molecule has 1 rings (SSSR count). The fraction of sp³-hybridized carbons (Fsp3) is 0.625. The first-order valence-electron chi connectivity index (χ1n) is 3.96. The Morgan fingerprint density at radius 2 is 2.27 bits per heavy atom. The van der Waals surface area contributed by atoms with E-state index < -0.39 is 0 Å². The van der Waals surface area contributed by atoms with Gasteiger partial charge in [0, 0.05) is 6.54 Å². The topological polar surface area (TPSA) is 40.7 Å². The molecular weight excluding hydrogens is 138 g/mol. The van der Waals surface area contributed by atoms with E-state index in [-0.39, 0.29) is 0 Å². The van der Waals surface area contributed by atoms with E-state index in [1.54, 1.807) is 0 Å². The first-order valence-corrected chi connectivity index (χ1v) is 3.96. The van der Waals surface area contributed by atoms with Crippen molar-refractivity contribution in [2.75, 3.05) is 7.05 Å². The first kappa shape index (κ1) is 8.27. The van der Waals surface area contributed by atoms with Crippen LogP contribution in [-0.4, -0.2) is 17.0 Å². The van der Waals surface area contributed by atoms with Crippen molar-refractivity contribution in [1.82, 2.24) is 15.3 Å². The van der Waals surface area contributed by atoms with Crippen LogP contribution >= 0.6 is 0 Å². The normalized spacial score (nSPS) is 10.5. The van der Waals surface area contributed by atoms with Crippen LogP contribution in [0.2, 0.25) is 0 Å². The molecule has 62 valence electrons. The lowest BCUT2D eigenvalue weighted by Gasteiger charge is -1.96. The highest BCUT2D eigenvalue weighted by Crippen LogP contribution is 2.05. The minimum Gasteiger partial charge on any atom is -0.345 e. The second-order valence-electron chi connectivity index (χ2n) is 2.63. The van der Waals surface area contributed by atoms with Crippen molar-refractivity contribution >= 4 is 0 Å². The van der Waals surface area contributed by atoms with Gasteiger partial charge in [-0.25, -0.2) is 4.98 Å². The molecular formula is C8H15N3. The highest BCUT2D eigenvalue weighted by molar-refractivity contribution is 5.13. The van der Waals surface area contributed by atoms with E-state index in [4.69, 9.17) is 0 Å². The maximum absolute atomic E-state index is 4.35. The molecule has 0 radical (unpaired) electrons. The summed E-state index contributed by atoms with van der Waals surface area (Å²) in [6, 6.07) is 0. The Labute approximate surface area is 67.2 Å². The lowest BCUT2D eigenvalue weighted by atomic mass is 10.3. The van der Waals surface area contributed by atoms with Crippen molar-refractivity contribution < 1.29 is 0 Å². The molecule has 0 aliphatic heterocycles. The zero-order chi connectivity index (χ0) is 8.27. The molecule has 11 heavy (non-hydrogen) atoms. The third-order valence-electron chi connectivity index (χ3n) is 1.67. The Morgan fingerprint density at radius 3 is 2.82 bits per heavy atom. The predicted octanol–water partition coefficient (Wildman–Crippen LogP) is 1.000. The molecule has 0 aromatic carbocycles. The van der Waals surface area contributed by atoms with E-state index in [1.165, 1.54) is 11.4 Å². The van der Waals surface area contributed by atoms with Gasteiger partial charge in [0.1, 0.15) is 5.82 Å². The van der Waals surface area contributed by atoms with Gasteiger partial charge < -0.3 is 10.3 Å². The summed E-state index contributed by atoms with van der Waals surface area (Å²) in [7, 11) is 1.94. The fourth-order valence-corrected chi connectivity index (χ4v) is 1.20. The van der Waals surface area contributed by atoms with Gasteiger partial charge in [0.25, 0.3) is 0 Å². The number of rotatable bonds is 3. The highest BCUT2D eigenvalue weighted by Gasteiger charge is 2.03. The summed E-state index contributed by atoms with van der Waals surface area (Å²) in [5.74, 6) is 1.01. The van der Waals surface area contributed by atoms with Crippen molar-refractivity contribution in [1.29, 1.82) is 0 Å². The van der Waals surface area contributed by atoms with Crippen LogP contribution in [0.1, 0.15) is 24.1 Å². The van der Waals surface area contributed by atoms with Gasteiger partial charge in [-0.3, -0.25) is 0 Å². The number of aromatic amines is 1. The van der Waals surface area contributed by atoms with Crippen molar-refractivity contribution in [2.45, 2.75) is 26.8 Å². The number of H-pyrrole nitrogens is 1. The van der Waals surface area contributed by atoms with E-state index in [9.17, 15) is 0 Å². The monoisotopic (exact) mass is 153 g/mol. The van der Waals surface area contributed by atoms with Gasteiger partial charge in [-0.05, 0) is 20.4 Å². The van der Waals surface area contributed by atoms with Crippen LogP contribution in [0.4, 0.5) is 0 Å². The maximum atomic E-state index is 4.35. The minimum absolute atomic E-state index is 0.879. The summed E-state index contributed by atoms with van der Waals surface area (Å²) in [5.41, 5.74) is 2.39. The predicted molar refractivity (Wildman–Crippen MR) is 45.5 cm³/mol. The van der Waals surface area contributed by atoms with Crippen molar-refractivity contribution in [3.05, 3.63) is 17.2 Å². The van der Waals surface area contributed by atoms with Crippen LogP contribution in [-0.2, 0) is 13.0 Å². The molecule has 0 fully saturated rings. The molecule has 0 unspecified atom stereocenters. The maximum Gasteiger partial charge on any atom is 0.103 e. The molecule has 0 aliphatic carbocycles. The molecule has 0 atom stereocenters. The van der Waals surface area contributed by atoms with E-state index >= 15 is 0 Å². The summed E-state index contributed by atoms with van der Waals surface area (Å²) in [6.07, 6.45) is 1.00.